The summed E-state index contributed by atoms with van der Waals surface area (Å²) >= 11 is 0. The van der Waals surface area contributed by atoms with Crippen molar-refractivity contribution in [1.29, 1.82) is 0 Å². The fraction of sp³-hybridized carbons (Fsp3) is 0.100. The SMILES string of the molecule is COc1ccc(-c2cn(C=O)cn2)cn1. The number of carbonyl (C=O) groups excluding carboxylic acids is 1. The third-order valence-electron chi connectivity index (χ3n) is 1.96. The number of carbonyl (C=O) groups is 1. The number of hydrogen-bond donors (Lipinski definition) is 0. The maximum Gasteiger partial charge on any atom is 0.219 e. The summed E-state index contributed by atoms with van der Waals surface area (Å²) in [5.41, 5.74) is 1.55. The Morgan fingerprint density at radius 1 is 1.40 bits per heavy atom. The van der Waals surface area contributed by atoms with E-state index < -0.39 is 0 Å². The van der Waals surface area contributed by atoms with Crippen molar-refractivity contribution in [3.63, 3.8) is 0 Å². The van der Waals surface area contributed by atoms with Crippen molar-refractivity contribution in [3.8, 4) is 17.1 Å². The molecule has 0 aliphatic heterocycles. The monoisotopic (exact) mass is 203 g/mol. The molecule has 0 aliphatic rings. The van der Waals surface area contributed by atoms with E-state index in [1.165, 1.54) is 10.9 Å². The number of nitrogens with zero attached hydrogens (tertiary/aromatic N) is 3. The third-order valence-corrected chi connectivity index (χ3v) is 1.96. The smallest absolute Gasteiger partial charge is 0.219 e. The largest absolute Gasteiger partial charge is 0.481 e. The van der Waals surface area contributed by atoms with Crippen molar-refractivity contribution in [2.75, 3.05) is 7.11 Å². The van der Waals surface area contributed by atoms with E-state index in [-0.39, 0.29) is 0 Å². The summed E-state index contributed by atoms with van der Waals surface area (Å²) in [6.07, 6.45) is 5.42. The highest BCUT2D eigenvalue weighted by atomic mass is 16.5. The van der Waals surface area contributed by atoms with Crippen LogP contribution in [0.4, 0.5) is 0 Å². The zero-order valence-corrected chi connectivity index (χ0v) is 8.12. The Balaban J connectivity index is 2.32. The van der Waals surface area contributed by atoms with Gasteiger partial charge in [0.05, 0.1) is 12.8 Å². The Bertz CT molecular complexity index is 462. The number of hydrogen-bond acceptors (Lipinski definition) is 4. The molecule has 0 N–H and O–H groups in total. The van der Waals surface area contributed by atoms with Crippen molar-refractivity contribution in [2.45, 2.75) is 0 Å². The standard InChI is InChI=1S/C10H9N3O2/c1-15-10-3-2-8(4-11-10)9-5-13(7-14)6-12-9/h2-7H,1H3. The van der Waals surface area contributed by atoms with Crippen LogP contribution in [0, 0.1) is 0 Å². The van der Waals surface area contributed by atoms with Gasteiger partial charge in [-0.25, -0.2) is 9.97 Å². The summed E-state index contributed by atoms with van der Waals surface area (Å²) in [7, 11) is 1.56. The molecule has 2 heterocycles. The van der Waals surface area contributed by atoms with Crippen LogP contribution in [0.15, 0.2) is 30.9 Å². The van der Waals surface area contributed by atoms with E-state index in [2.05, 4.69) is 9.97 Å². The van der Waals surface area contributed by atoms with E-state index in [0.29, 0.717) is 18.0 Å². The predicted molar refractivity (Wildman–Crippen MR) is 54.2 cm³/mol. The molecule has 0 saturated carbocycles. The van der Waals surface area contributed by atoms with Crippen molar-refractivity contribution in [1.82, 2.24) is 14.5 Å². The molecule has 0 spiro atoms. The Hall–Kier alpha value is -2.17. The normalized spacial score (nSPS) is 9.93. The van der Waals surface area contributed by atoms with E-state index in [9.17, 15) is 4.79 Å². The van der Waals surface area contributed by atoms with Gasteiger partial charge in [-0.2, -0.15) is 0 Å². The van der Waals surface area contributed by atoms with E-state index >= 15 is 0 Å². The van der Waals surface area contributed by atoms with Gasteiger partial charge < -0.3 is 4.74 Å². The van der Waals surface area contributed by atoms with Crippen LogP contribution in [-0.4, -0.2) is 28.1 Å². The quantitative estimate of drug-likeness (QED) is 0.698. The number of pyridine rings is 1. The molecule has 0 fully saturated rings. The maximum absolute atomic E-state index is 10.4. The Labute approximate surface area is 86.4 Å². The van der Waals surface area contributed by atoms with Crippen molar-refractivity contribution < 1.29 is 9.53 Å². The fourth-order valence-electron chi connectivity index (χ4n) is 1.20. The second-order valence-corrected chi connectivity index (χ2v) is 2.90. The van der Waals surface area contributed by atoms with Crippen molar-refractivity contribution in [3.05, 3.63) is 30.9 Å². The number of ether oxygens (including phenoxy) is 1. The first-order valence-corrected chi connectivity index (χ1v) is 4.32. The summed E-state index contributed by atoms with van der Waals surface area (Å²) in [4.78, 5) is 18.6. The minimum atomic E-state index is 0.550. The van der Waals surface area contributed by atoms with Gasteiger partial charge in [-0.1, -0.05) is 0 Å². The van der Waals surface area contributed by atoms with Gasteiger partial charge in [-0.15, -0.1) is 0 Å². The average Bonchev–Trinajstić information content (AvgIpc) is 2.78. The van der Waals surface area contributed by atoms with Crippen LogP contribution >= 0.6 is 0 Å². The number of aromatic nitrogens is 3. The summed E-state index contributed by atoms with van der Waals surface area (Å²) < 4.78 is 6.29. The number of imidazole rings is 1. The highest BCUT2D eigenvalue weighted by Crippen LogP contribution is 2.17. The minimum Gasteiger partial charge on any atom is -0.481 e. The molecule has 0 bridgehead atoms. The lowest BCUT2D eigenvalue weighted by Crippen LogP contribution is -1.88. The molecule has 2 aromatic rings. The number of methoxy groups -OCH3 is 1. The first kappa shape index (κ1) is 9.39. The van der Waals surface area contributed by atoms with Crippen LogP contribution < -0.4 is 4.74 Å². The zero-order valence-electron chi connectivity index (χ0n) is 8.12. The molecule has 2 aromatic heterocycles. The lowest BCUT2D eigenvalue weighted by Gasteiger charge is -1.98. The zero-order chi connectivity index (χ0) is 10.7. The van der Waals surface area contributed by atoms with Crippen LogP contribution in [0.2, 0.25) is 0 Å². The highest BCUT2D eigenvalue weighted by Gasteiger charge is 2.02. The molecule has 5 nitrogen and oxygen atoms in total. The Morgan fingerprint density at radius 2 is 2.27 bits per heavy atom. The van der Waals surface area contributed by atoms with Crippen LogP contribution in [0.1, 0.15) is 0 Å². The third kappa shape index (κ3) is 1.85. The molecule has 5 heteroatoms. The molecule has 0 radical (unpaired) electrons. The second-order valence-electron chi connectivity index (χ2n) is 2.90. The van der Waals surface area contributed by atoms with E-state index in [0.717, 1.165) is 5.56 Å². The summed E-state index contributed by atoms with van der Waals surface area (Å²) in [5.74, 6) is 0.550. The van der Waals surface area contributed by atoms with Crippen molar-refractivity contribution in [2.24, 2.45) is 0 Å². The highest BCUT2D eigenvalue weighted by molar-refractivity contribution is 5.61. The van der Waals surface area contributed by atoms with Gasteiger partial charge in [0.15, 0.2) is 0 Å². The molecule has 0 aliphatic carbocycles. The molecule has 0 atom stereocenters. The molecule has 76 valence electrons. The lowest BCUT2D eigenvalue weighted by atomic mass is 10.2. The first-order valence-electron chi connectivity index (χ1n) is 4.32. The van der Waals surface area contributed by atoms with Gasteiger partial charge in [0.2, 0.25) is 12.3 Å². The maximum atomic E-state index is 10.4. The van der Waals surface area contributed by atoms with Crippen LogP contribution in [0.25, 0.3) is 11.3 Å². The van der Waals surface area contributed by atoms with Gasteiger partial charge in [0.25, 0.3) is 0 Å². The Morgan fingerprint density at radius 3 is 2.80 bits per heavy atom. The minimum absolute atomic E-state index is 0.550. The van der Waals surface area contributed by atoms with Crippen LogP contribution in [0.3, 0.4) is 0 Å². The molecular formula is C10H9N3O2. The predicted octanol–water partition coefficient (Wildman–Crippen LogP) is 0.992. The summed E-state index contributed by atoms with van der Waals surface area (Å²) in [6, 6.07) is 3.58. The molecular weight excluding hydrogens is 194 g/mol. The van der Waals surface area contributed by atoms with Crippen LogP contribution in [0.5, 0.6) is 5.88 Å². The molecule has 0 saturated heterocycles. The first-order chi connectivity index (χ1) is 7.33. The van der Waals surface area contributed by atoms with Crippen molar-refractivity contribution >= 4 is 6.41 Å². The van der Waals surface area contributed by atoms with Crippen LogP contribution in [-0.2, 0) is 4.79 Å². The fourth-order valence-corrected chi connectivity index (χ4v) is 1.20. The summed E-state index contributed by atoms with van der Waals surface area (Å²) in [6.45, 7) is 0. The van der Waals surface area contributed by atoms with Gasteiger partial charge in [-0.3, -0.25) is 9.36 Å². The van der Waals surface area contributed by atoms with E-state index in [1.807, 2.05) is 6.07 Å². The van der Waals surface area contributed by atoms with Gasteiger partial charge in [0.1, 0.15) is 6.33 Å². The van der Waals surface area contributed by atoms with Gasteiger partial charge >= 0.3 is 0 Å². The molecule has 0 unspecified atom stereocenters. The second kappa shape index (κ2) is 3.91. The average molecular weight is 203 g/mol. The van der Waals surface area contributed by atoms with E-state index in [1.54, 1.807) is 25.6 Å². The molecule has 0 amide bonds. The Kier molecular flexibility index (Phi) is 2.45. The molecule has 15 heavy (non-hydrogen) atoms. The molecule has 2 rings (SSSR count). The van der Waals surface area contributed by atoms with Gasteiger partial charge in [-0.05, 0) is 6.07 Å². The number of rotatable bonds is 3. The van der Waals surface area contributed by atoms with Gasteiger partial charge in [0, 0.05) is 24.0 Å². The topological polar surface area (TPSA) is 57.0 Å². The molecule has 0 aromatic carbocycles. The summed E-state index contributed by atoms with van der Waals surface area (Å²) in [5, 5.41) is 0. The lowest BCUT2D eigenvalue weighted by molar-refractivity contribution is 0.398. The van der Waals surface area contributed by atoms with E-state index in [4.69, 9.17) is 4.74 Å².